The molecule has 3 heteroatoms. The molecular weight excluding hydrogens is 238 g/mol. The quantitative estimate of drug-likeness (QED) is 0.827. The summed E-state index contributed by atoms with van der Waals surface area (Å²) in [5, 5.41) is 14.1. The van der Waals surface area contributed by atoms with E-state index in [4.69, 9.17) is 4.74 Å². The van der Waals surface area contributed by atoms with Gasteiger partial charge in [0.2, 0.25) is 0 Å². The number of rotatable bonds is 3. The fourth-order valence-corrected chi connectivity index (χ4v) is 3.95. The Labute approximate surface area is 118 Å². The highest BCUT2D eigenvalue weighted by molar-refractivity contribution is 5.34. The molecule has 2 fully saturated rings. The lowest BCUT2D eigenvalue weighted by atomic mass is 9.63. The van der Waals surface area contributed by atoms with Crippen molar-refractivity contribution in [2.75, 3.05) is 0 Å². The topological polar surface area (TPSA) is 41.5 Å². The molecule has 2 aliphatic rings. The molecule has 2 saturated heterocycles. The molecule has 112 valence electrons. The molecular formula is C16H31NO2. The van der Waals surface area contributed by atoms with Crippen LogP contribution in [0.4, 0.5) is 0 Å². The summed E-state index contributed by atoms with van der Waals surface area (Å²) in [6.07, 6.45) is 0.601. The summed E-state index contributed by atoms with van der Waals surface area (Å²) in [5.41, 5.74) is 0.333. The van der Waals surface area contributed by atoms with E-state index < -0.39 is 6.10 Å². The zero-order valence-corrected chi connectivity index (χ0v) is 13.6. The van der Waals surface area contributed by atoms with Crippen molar-refractivity contribution in [3.63, 3.8) is 0 Å². The van der Waals surface area contributed by atoms with Gasteiger partial charge in [0.15, 0.2) is 0 Å². The molecule has 0 bridgehead atoms. The third kappa shape index (κ3) is 1.93. The van der Waals surface area contributed by atoms with E-state index in [0.717, 1.165) is 12.1 Å². The van der Waals surface area contributed by atoms with Gasteiger partial charge in [-0.3, -0.25) is 0 Å². The molecule has 0 radical (unpaired) electrons. The number of hydrogen-bond acceptors (Lipinski definition) is 3. The van der Waals surface area contributed by atoms with Crippen LogP contribution in [0.5, 0.6) is 0 Å². The minimum absolute atomic E-state index is 0.0261. The molecule has 0 spiro atoms. The molecule has 0 saturated carbocycles. The van der Waals surface area contributed by atoms with Crippen LogP contribution >= 0.6 is 0 Å². The van der Waals surface area contributed by atoms with Gasteiger partial charge in [0.05, 0.1) is 12.2 Å². The molecule has 5 atom stereocenters. The van der Waals surface area contributed by atoms with Crippen LogP contribution in [0.15, 0.2) is 12.3 Å². The van der Waals surface area contributed by atoms with Gasteiger partial charge in [-0.25, -0.2) is 0 Å². The van der Waals surface area contributed by atoms with Crippen LogP contribution in [0.25, 0.3) is 0 Å². The van der Waals surface area contributed by atoms with Crippen LogP contribution in [-0.2, 0) is 4.74 Å². The lowest BCUT2D eigenvalue weighted by molar-refractivity contribution is -0.297. The minimum Gasteiger partial charge on any atom is -0.390 e. The second-order valence-electron chi connectivity index (χ2n) is 6.04. The van der Waals surface area contributed by atoms with E-state index in [1.165, 1.54) is 0 Å². The number of fused-ring (bicyclic) bond motifs is 1. The number of ether oxygens (including phenoxy) is 1. The molecule has 0 aromatic rings. The average molecular weight is 269 g/mol. The molecule has 19 heavy (non-hydrogen) atoms. The maximum Gasteiger partial charge on any atom is 0.119 e. The van der Waals surface area contributed by atoms with Crippen LogP contribution < -0.4 is 5.32 Å². The first kappa shape index (κ1) is 16.5. The Hall–Kier alpha value is -0.540. The van der Waals surface area contributed by atoms with Gasteiger partial charge in [-0.15, -0.1) is 0 Å². The van der Waals surface area contributed by atoms with Crippen molar-refractivity contribution in [2.24, 2.45) is 11.8 Å². The van der Waals surface area contributed by atoms with E-state index in [2.05, 4.69) is 39.6 Å². The molecule has 0 aliphatic carbocycles. The fourth-order valence-electron chi connectivity index (χ4n) is 3.95. The largest absolute Gasteiger partial charge is 0.390 e. The molecule has 2 N–H and O–H groups in total. The molecule has 0 aromatic carbocycles. The van der Waals surface area contributed by atoms with Gasteiger partial charge in [0.25, 0.3) is 0 Å². The van der Waals surface area contributed by atoms with Crippen LogP contribution in [0.3, 0.4) is 0 Å². The van der Waals surface area contributed by atoms with Crippen molar-refractivity contribution < 1.29 is 9.84 Å². The van der Waals surface area contributed by atoms with Crippen molar-refractivity contribution in [1.29, 1.82) is 0 Å². The Balaban J connectivity index is 0.000000861. The van der Waals surface area contributed by atoms with Crippen LogP contribution in [-0.4, -0.2) is 28.5 Å². The third-order valence-corrected chi connectivity index (χ3v) is 4.84. The predicted octanol–water partition coefficient (Wildman–Crippen LogP) is 3.09. The zero-order chi connectivity index (χ0) is 15.0. The summed E-state index contributed by atoms with van der Waals surface area (Å²) in [7, 11) is 0. The van der Waals surface area contributed by atoms with E-state index in [-0.39, 0.29) is 29.1 Å². The Kier molecular flexibility index (Phi) is 4.74. The van der Waals surface area contributed by atoms with Crippen LogP contribution in [0.1, 0.15) is 54.9 Å². The van der Waals surface area contributed by atoms with Crippen molar-refractivity contribution >= 4 is 0 Å². The summed E-state index contributed by atoms with van der Waals surface area (Å²) in [4.78, 5) is 0. The third-order valence-electron chi connectivity index (χ3n) is 4.84. The first-order valence-electron chi connectivity index (χ1n) is 7.64. The van der Waals surface area contributed by atoms with Gasteiger partial charge >= 0.3 is 0 Å². The monoisotopic (exact) mass is 269 g/mol. The zero-order valence-electron chi connectivity index (χ0n) is 13.6. The van der Waals surface area contributed by atoms with Crippen molar-refractivity contribution in [2.45, 2.75) is 78.2 Å². The summed E-state index contributed by atoms with van der Waals surface area (Å²) in [6, 6.07) is 0. The predicted molar refractivity (Wildman–Crippen MR) is 79.9 cm³/mol. The van der Waals surface area contributed by atoms with Crippen molar-refractivity contribution in [3.05, 3.63) is 12.3 Å². The van der Waals surface area contributed by atoms with Gasteiger partial charge in [0, 0.05) is 11.6 Å². The summed E-state index contributed by atoms with van der Waals surface area (Å²) >= 11 is 0. The maximum absolute atomic E-state index is 10.6. The van der Waals surface area contributed by atoms with E-state index in [9.17, 15) is 5.11 Å². The normalized spacial score (nSPS) is 41.8. The van der Waals surface area contributed by atoms with Crippen LogP contribution in [0, 0.1) is 11.8 Å². The Morgan fingerprint density at radius 2 is 1.95 bits per heavy atom. The Bertz CT molecular complexity index is 342. The molecule has 5 unspecified atom stereocenters. The van der Waals surface area contributed by atoms with Crippen LogP contribution in [0.2, 0.25) is 0 Å². The second kappa shape index (κ2) is 5.45. The SMILES string of the molecule is C=C1NC2(C(O)C(C)C)C(C)OC2(C)C1CC.CC. The highest BCUT2D eigenvalue weighted by Crippen LogP contribution is 2.57. The van der Waals surface area contributed by atoms with Crippen molar-refractivity contribution in [1.82, 2.24) is 5.32 Å². The summed E-state index contributed by atoms with van der Waals surface area (Å²) in [5.74, 6) is 0.490. The van der Waals surface area contributed by atoms with Gasteiger partial charge in [-0.2, -0.15) is 0 Å². The van der Waals surface area contributed by atoms with E-state index in [1.807, 2.05) is 20.8 Å². The first-order valence-corrected chi connectivity index (χ1v) is 7.64. The fraction of sp³-hybridized carbons (Fsp3) is 0.875. The van der Waals surface area contributed by atoms with E-state index in [0.29, 0.717) is 0 Å². The van der Waals surface area contributed by atoms with Gasteiger partial charge in [0.1, 0.15) is 11.1 Å². The molecule has 0 amide bonds. The Morgan fingerprint density at radius 1 is 1.42 bits per heavy atom. The minimum atomic E-state index is -0.412. The second-order valence-corrected chi connectivity index (χ2v) is 6.04. The highest BCUT2D eigenvalue weighted by atomic mass is 16.6. The standard InChI is InChI=1S/C14H25NO2.C2H6/c1-7-11-9(4)15-14(12(16)8(2)3)10(5)17-13(11,14)6;1-2/h8,10-12,15-16H,4,7H2,1-3,5-6H3;1-2H3. The van der Waals surface area contributed by atoms with Gasteiger partial charge in [-0.05, 0) is 26.2 Å². The molecule has 2 aliphatic heterocycles. The number of aliphatic hydroxyl groups excluding tert-OH is 1. The van der Waals surface area contributed by atoms with E-state index >= 15 is 0 Å². The Morgan fingerprint density at radius 3 is 2.32 bits per heavy atom. The maximum atomic E-state index is 10.6. The van der Waals surface area contributed by atoms with E-state index in [1.54, 1.807) is 0 Å². The molecule has 0 aromatic heterocycles. The number of aliphatic hydroxyl groups is 1. The smallest absolute Gasteiger partial charge is 0.119 e. The lowest BCUT2D eigenvalue weighted by Gasteiger charge is -2.61. The van der Waals surface area contributed by atoms with Crippen molar-refractivity contribution in [3.8, 4) is 0 Å². The average Bonchev–Trinajstić information content (AvgIpc) is 2.54. The highest BCUT2D eigenvalue weighted by Gasteiger charge is 2.73. The number of hydrogen-bond donors (Lipinski definition) is 2. The summed E-state index contributed by atoms with van der Waals surface area (Å²) < 4.78 is 6.02. The first-order chi connectivity index (χ1) is 8.81. The lowest BCUT2D eigenvalue weighted by Crippen LogP contribution is -2.80. The number of nitrogens with one attached hydrogen (secondary N) is 1. The van der Waals surface area contributed by atoms with Gasteiger partial charge < -0.3 is 15.2 Å². The molecule has 3 nitrogen and oxygen atoms in total. The van der Waals surface area contributed by atoms with Gasteiger partial charge in [-0.1, -0.05) is 41.2 Å². The molecule has 2 rings (SSSR count). The summed E-state index contributed by atoms with van der Waals surface area (Å²) in [6.45, 7) is 18.5. The molecule has 2 heterocycles.